The molecule has 0 radical (unpaired) electrons. The Labute approximate surface area is 215 Å². The lowest BCUT2D eigenvalue weighted by Crippen LogP contribution is -2.34. The van der Waals surface area contributed by atoms with Gasteiger partial charge in [0, 0.05) is 53.8 Å². The summed E-state index contributed by atoms with van der Waals surface area (Å²) in [6.45, 7) is 7.07. The molecular formula is C28H31NO8. The van der Waals surface area contributed by atoms with Crippen LogP contribution >= 0.6 is 0 Å². The first-order valence-corrected chi connectivity index (χ1v) is 12.1. The van der Waals surface area contributed by atoms with Crippen molar-refractivity contribution in [3.63, 3.8) is 0 Å². The Morgan fingerprint density at radius 3 is 1.89 bits per heavy atom. The van der Waals surface area contributed by atoms with E-state index in [0.717, 1.165) is 24.2 Å². The van der Waals surface area contributed by atoms with Gasteiger partial charge in [-0.1, -0.05) is 50.2 Å². The number of likely N-dealkylation sites (N-methyl/N-ethyl adjacent to an activating group) is 1. The van der Waals surface area contributed by atoms with E-state index in [4.69, 9.17) is 14.9 Å². The van der Waals surface area contributed by atoms with Crippen LogP contribution in [0, 0.1) is 0 Å². The predicted octanol–water partition coefficient (Wildman–Crippen LogP) is 2.36. The zero-order valence-corrected chi connectivity index (χ0v) is 20.8. The van der Waals surface area contributed by atoms with Gasteiger partial charge in [0.2, 0.25) is 0 Å². The molecule has 1 saturated heterocycles. The maximum atomic E-state index is 13.4. The zero-order valence-electron chi connectivity index (χ0n) is 20.8. The number of aliphatic hydroxyl groups is 1. The number of rotatable bonds is 10. The number of hydrogen-bond donors (Lipinski definition) is 3. The monoisotopic (exact) mass is 509 g/mol. The molecule has 0 amide bonds. The fraction of sp³-hybridized carbons (Fsp3) is 0.357. The number of aliphatic carboxylic acids is 2. The first-order valence-electron chi connectivity index (χ1n) is 12.1. The molecule has 4 rings (SSSR count). The van der Waals surface area contributed by atoms with E-state index in [9.17, 15) is 24.3 Å². The van der Waals surface area contributed by atoms with Crippen molar-refractivity contribution in [1.29, 1.82) is 0 Å². The number of carbonyl (C=O) groups is 4. The second-order valence-corrected chi connectivity index (χ2v) is 8.85. The van der Waals surface area contributed by atoms with Gasteiger partial charge < -0.3 is 25.0 Å². The number of fused-ring (bicyclic) bond motifs is 2. The summed E-state index contributed by atoms with van der Waals surface area (Å²) in [5.41, 5.74) is 3.47. The SMILES string of the molecule is CCN(CC)CC(O)Cc1ccc(CC2CO2)c2c1C(=O)c1ccccc1C2=O.O=C(O)/C=C/C(=O)O. The normalized spacial score (nSPS) is 16.6. The molecule has 1 heterocycles. The quantitative estimate of drug-likeness (QED) is 0.277. The van der Waals surface area contributed by atoms with Crippen LogP contribution in [0.1, 0.15) is 56.8 Å². The number of ketones is 2. The Morgan fingerprint density at radius 2 is 1.43 bits per heavy atom. The van der Waals surface area contributed by atoms with E-state index in [2.05, 4.69) is 18.7 Å². The largest absolute Gasteiger partial charge is 0.478 e. The fourth-order valence-corrected chi connectivity index (χ4v) is 4.37. The number of epoxide rings is 1. The highest BCUT2D eigenvalue weighted by Crippen LogP contribution is 2.34. The standard InChI is InChI=1S/C24H27NO4.C4H4O4/c1-3-25(4-2)13-17(26)11-15-9-10-16(12-18-14-29-18)22-21(15)23(27)19-7-5-6-8-20(19)24(22)28;5-3(6)1-2-4(7)8/h5-10,17-18,26H,3-4,11-14H2,1-2H3;1-2H,(H,5,6)(H,7,8)/b;2-1+. The summed E-state index contributed by atoms with van der Waals surface area (Å²) in [6, 6.07) is 10.8. The summed E-state index contributed by atoms with van der Waals surface area (Å²) >= 11 is 0. The number of nitrogens with zero attached hydrogens (tertiary/aromatic N) is 1. The summed E-state index contributed by atoms with van der Waals surface area (Å²) < 4.78 is 5.36. The summed E-state index contributed by atoms with van der Waals surface area (Å²) in [5, 5.41) is 26.3. The number of ether oxygens (including phenoxy) is 1. The summed E-state index contributed by atoms with van der Waals surface area (Å²) in [6.07, 6.45) is 1.62. The molecule has 0 spiro atoms. The minimum atomic E-state index is -1.26. The highest BCUT2D eigenvalue weighted by atomic mass is 16.6. The summed E-state index contributed by atoms with van der Waals surface area (Å²) in [4.78, 5) is 47.9. The van der Waals surface area contributed by atoms with Gasteiger partial charge in [-0.2, -0.15) is 0 Å². The van der Waals surface area contributed by atoms with Crippen molar-refractivity contribution in [3.05, 3.63) is 81.9 Å². The average Bonchev–Trinajstić information content (AvgIpc) is 3.69. The summed E-state index contributed by atoms with van der Waals surface area (Å²) in [7, 11) is 0. The van der Waals surface area contributed by atoms with Crippen LogP contribution in [-0.4, -0.2) is 82.2 Å². The maximum absolute atomic E-state index is 13.4. The molecular weight excluding hydrogens is 478 g/mol. The van der Waals surface area contributed by atoms with E-state index in [1.807, 2.05) is 12.1 Å². The molecule has 1 fully saturated rings. The lowest BCUT2D eigenvalue weighted by molar-refractivity contribution is -0.134. The van der Waals surface area contributed by atoms with Gasteiger partial charge in [0.1, 0.15) is 0 Å². The molecule has 0 aromatic heterocycles. The van der Waals surface area contributed by atoms with Crippen LogP contribution in [0.25, 0.3) is 0 Å². The molecule has 9 heteroatoms. The van der Waals surface area contributed by atoms with Crippen molar-refractivity contribution in [2.24, 2.45) is 0 Å². The molecule has 196 valence electrons. The van der Waals surface area contributed by atoms with Gasteiger partial charge in [-0.25, -0.2) is 9.59 Å². The van der Waals surface area contributed by atoms with Crippen LogP contribution in [0.4, 0.5) is 0 Å². The lowest BCUT2D eigenvalue weighted by atomic mass is 9.78. The van der Waals surface area contributed by atoms with Gasteiger partial charge in [0.15, 0.2) is 11.6 Å². The number of carboxylic acids is 2. The fourth-order valence-electron chi connectivity index (χ4n) is 4.37. The second-order valence-electron chi connectivity index (χ2n) is 8.85. The Hall–Kier alpha value is -3.66. The Kier molecular flexibility index (Phi) is 9.46. The maximum Gasteiger partial charge on any atom is 0.328 e. The van der Waals surface area contributed by atoms with Crippen molar-refractivity contribution in [2.75, 3.05) is 26.2 Å². The van der Waals surface area contributed by atoms with Crippen LogP contribution in [0.5, 0.6) is 0 Å². The van der Waals surface area contributed by atoms with Crippen molar-refractivity contribution >= 4 is 23.5 Å². The van der Waals surface area contributed by atoms with E-state index < -0.39 is 18.0 Å². The van der Waals surface area contributed by atoms with Crippen molar-refractivity contribution in [3.8, 4) is 0 Å². The van der Waals surface area contributed by atoms with Crippen LogP contribution in [0.3, 0.4) is 0 Å². The third kappa shape index (κ3) is 7.19. The molecule has 2 atom stereocenters. The van der Waals surface area contributed by atoms with Crippen LogP contribution in [-0.2, 0) is 27.2 Å². The molecule has 37 heavy (non-hydrogen) atoms. The van der Waals surface area contributed by atoms with E-state index in [1.54, 1.807) is 24.3 Å². The van der Waals surface area contributed by atoms with E-state index in [0.29, 0.717) is 60.4 Å². The van der Waals surface area contributed by atoms with Crippen molar-refractivity contribution < 1.29 is 39.2 Å². The number of hydrogen-bond acceptors (Lipinski definition) is 7. The van der Waals surface area contributed by atoms with Gasteiger partial charge in [0.25, 0.3) is 0 Å². The topological polar surface area (TPSA) is 145 Å². The smallest absolute Gasteiger partial charge is 0.328 e. The first kappa shape index (κ1) is 27.9. The first-order chi connectivity index (χ1) is 17.7. The third-order valence-corrected chi connectivity index (χ3v) is 6.29. The Morgan fingerprint density at radius 1 is 0.946 bits per heavy atom. The molecule has 2 aromatic carbocycles. The molecule has 0 saturated carbocycles. The van der Waals surface area contributed by atoms with E-state index in [1.165, 1.54) is 0 Å². The lowest BCUT2D eigenvalue weighted by Gasteiger charge is -2.25. The predicted molar refractivity (Wildman–Crippen MR) is 135 cm³/mol. The molecule has 2 aromatic rings. The summed E-state index contributed by atoms with van der Waals surface area (Å²) in [5.74, 6) is -2.75. The third-order valence-electron chi connectivity index (χ3n) is 6.29. The Bertz CT molecular complexity index is 1190. The van der Waals surface area contributed by atoms with Crippen molar-refractivity contribution in [2.45, 2.75) is 38.9 Å². The number of carboxylic acid groups (broad SMARTS) is 2. The van der Waals surface area contributed by atoms with E-state index in [-0.39, 0.29) is 17.7 Å². The molecule has 1 aliphatic heterocycles. The molecule has 1 aliphatic carbocycles. The highest BCUT2D eigenvalue weighted by molar-refractivity contribution is 6.29. The van der Waals surface area contributed by atoms with Gasteiger partial charge in [-0.15, -0.1) is 0 Å². The van der Waals surface area contributed by atoms with Gasteiger partial charge in [-0.3, -0.25) is 9.59 Å². The van der Waals surface area contributed by atoms with Gasteiger partial charge in [0.05, 0.1) is 18.8 Å². The van der Waals surface area contributed by atoms with Crippen LogP contribution in [0.15, 0.2) is 48.6 Å². The average molecular weight is 510 g/mol. The minimum Gasteiger partial charge on any atom is -0.478 e. The zero-order chi connectivity index (χ0) is 27.1. The number of benzene rings is 2. The van der Waals surface area contributed by atoms with Gasteiger partial charge >= 0.3 is 11.9 Å². The second kappa shape index (κ2) is 12.5. The number of aliphatic hydroxyl groups excluding tert-OH is 1. The Balaban J connectivity index is 0.000000414. The molecule has 2 unspecified atom stereocenters. The highest BCUT2D eigenvalue weighted by Gasteiger charge is 2.35. The van der Waals surface area contributed by atoms with Crippen LogP contribution < -0.4 is 0 Å². The van der Waals surface area contributed by atoms with E-state index >= 15 is 0 Å². The van der Waals surface area contributed by atoms with Crippen LogP contribution in [0.2, 0.25) is 0 Å². The van der Waals surface area contributed by atoms with Crippen molar-refractivity contribution in [1.82, 2.24) is 4.90 Å². The van der Waals surface area contributed by atoms with Gasteiger partial charge in [-0.05, 0) is 24.2 Å². The molecule has 0 bridgehead atoms. The number of carbonyl (C=O) groups excluding carboxylic acids is 2. The molecule has 2 aliphatic rings. The minimum absolute atomic E-state index is 0.106. The molecule has 9 nitrogen and oxygen atoms in total. The molecule has 3 N–H and O–H groups in total.